The third kappa shape index (κ3) is 2.70. The van der Waals surface area contributed by atoms with E-state index in [2.05, 4.69) is 18.0 Å². The molecule has 0 heterocycles. The van der Waals surface area contributed by atoms with E-state index < -0.39 is 0 Å². The van der Waals surface area contributed by atoms with E-state index in [-0.39, 0.29) is 5.91 Å². The summed E-state index contributed by atoms with van der Waals surface area (Å²) in [5.74, 6) is -0.332. The summed E-state index contributed by atoms with van der Waals surface area (Å²) in [4.78, 5) is 11.4. The molecule has 0 saturated carbocycles. The van der Waals surface area contributed by atoms with Crippen LogP contribution in [0.5, 0.6) is 0 Å². The van der Waals surface area contributed by atoms with Crippen LogP contribution in [0, 0.1) is 11.3 Å². The standard InChI is InChI=1S/C16H12N2O/c1-2-16(19)18-15-10-6-9-13(14(15)11-17)12-7-4-3-5-8-12/h2-10H,1H2,(H,18,19). The summed E-state index contributed by atoms with van der Waals surface area (Å²) < 4.78 is 0. The van der Waals surface area contributed by atoms with Crippen LogP contribution >= 0.6 is 0 Å². The van der Waals surface area contributed by atoms with Crippen LogP contribution in [0.2, 0.25) is 0 Å². The Morgan fingerprint density at radius 3 is 2.53 bits per heavy atom. The Hall–Kier alpha value is -2.86. The first-order valence-electron chi connectivity index (χ1n) is 5.78. The van der Waals surface area contributed by atoms with Gasteiger partial charge in [-0.1, -0.05) is 49.0 Å². The maximum Gasteiger partial charge on any atom is 0.247 e. The topological polar surface area (TPSA) is 52.9 Å². The van der Waals surface area contributed by atoms with Crippen LogP contribution in [-0.4, -0.2) is 5.91 Å². The van der Waals surface area contributed by atoms with Gasteiger partial charge in [0.05, 0.1) is 11.3 Å². The Labute approximate surface area is 111 Å². The third-order valence-electron chi connectivity index (χ3n) is 2.70. The lowest BCUT2D eigenvalue weighted by atomic mass is 9.99. The fourth-order valence-corrected chi connectivity index (χ4v) is 1.82. The summed E-state index contributed by atoms with van der Waals surface area (Å²) in [6, 6.07) is 17.1. The number of amides is 1. The number of nitrogens with zero attached hydrogens (tertiary/aromatic N) is 1. The fourth-order valence-electron chi connectivity index (χ4n) is 1.82. The van der Waals surface area contributed by atoms with Gasteiger partial charge in [-0.3, -0.25) is 4.79 Å². The predicted octanol–water partition coefficient (Wildman–Crippen LogP) is 3.35. The molecule has 3 nitrogen and oxygen atoms in total. The molecule has 0 atom stereocenters. The molecule has 0 radical (unpaired) electrons. The van der Waals surface area contributed by atoms with Crippen molar-refractivity contribution in [1.82, 2.24) is 0 Å². The van der Waals surface area contributed by atoms with Gasteiger partial charge in [0.2, 0.25) is 5.91 Å². The minimum atomic E-state index is -0.332. The van der Waals surface area contributed by atoms with Gasteiger partial charge in [0, 0.05) is 5.56 Å². The van der Waals surface area contributed by atoms with Crippen LogP contribution in [0.4, 0.5) is 5.69 Å². The average Bonchev–Trinajstić information content (AvgIpc) is 2.47. The summed E-state index contributed by atoms with van der Waals surface area (Å²) in [5, 5.41) is 12.0. The normalized spacial score (nSPS) is 9.42. The molecule has 2 aromatic carbocycles. The molecule has 3 heteroatoms. The first-order valence-corrected chi connectivity index (χ1v) is 5.78. The molecule has 0 spiro atoms. The summed E-state index contributed by atoms with van der Waals surface area (Å²) in [7, 11) is 0. The number of carbonyl (C=O) groups excluding carboxylic acids is 1. The molecule has 0 saturated heterocycles. The second-order valence-corrected chi connectivity index (χ2v) is 3.90. The van der Waals surface area contributed by atoms with Crippen molar-refractivity contribution < 1.29 is 4.79 Å². The molecule has 0 unspecified atom stereocenters. The number of nitrogens with one attached hydrogen (secondary N) is 1. The van der Waals surface area contributed by atoms with E-state index in [9.17, 15) is 10.1 Å². The zero-order valence-electron chi connectivity index (χ0n) is 10.3. The van der Waals surface area contributed by atoms with E-state index in [1.165, 1.54) is 6.08 Å². The number of hydrogen-bond acceptors (Lipinski definition) is 2. The largest absolute Gasteiger partial charge is 0.321 e. The molecular formula is C16H12N2O. The summed E-state index contributed by atoms with van der Waals surface area (Å²) in [6.07, 6.45) is 1.18. The molecule has 0 aliphatic carbocycles. The van der Waals surface area contributed by atoms with E-state index in [1.807, 2.05) is 42.5 Å². The molecule has 0 aliphatic heterocycles. The Morgan fingerprint density at radius 2 is 1.89 bits per heavy atom. The number of hydrogen-bond donors (Lipinski definition) is 1. The Balaban J connectivity index is 2.52. The van der Waals surface area contributed by atoms with Crippen molar-refractivity contribution in [3.8, 4) is 17.2 Å². The lowest BCUT2D eigenvalue weighted by Gasteiger charge is -2.09. The predicted molar refractivity (Wildman–Crippen MR) is 75.4 cm³/mol. The van der Waals surface area contributed by atoms with Gasteiger partial charge in [0.25, 0.3) is 0 Å². The van der Waals surface area contributed by atoms with E-state index in [0.29, 0.717) is 11.3 Å². The molecule has 1 amide bonds. The highest BCUT2D eigenvalue weighted by atomic mass is 16.1. The van der Waals surface area contributed by atoms with Crippen molar-refractivity contribution >= 4 is 11.6 Å². The molecule has 1 N–H and O–H groups in total. The molecule has 0 aliphatic rings. The van der Waals surface area contributed by atoms with Gasteiger partial charge in [0.1, 0.15) is 6.07 Å². The zero-order chi connectivity index (χ0) is 13.7. The van der Waals surface area contributed by atoms with Gasteiger partial charge < -0.3 is 5.32 Å². The second-order valence-electron chi connectivity index (χ2n) is 3.90. The number of anilines is 1. The van der Waals surface area contributed by atoms with Crippen molar-refractivity contribution in [1.29, 1.82) is 5.26 Å². The highest BCUT2D eigenvalue weighted by Gasteiger charge is 2.10. The highest BCUT2D eigenvalue weighted by Crippen LogP contribution is 2.28. The van der Waals surface area contributed by atoms with Crippen LogP contribution < -0.4 is 5.32 Å². The van der Waals surface area contributed by atoms with E-state index in [0.717, 1.165) is 11.1 Å². The summed E-state index contributed by atoms with van der Waals surface area (Å²) in [6.45, 7) is 3.40. The highest BCUT2D eigenvalue weighted by molar-refractivity contribution is 6.00. The minimum absolute atomic E-state index is 0.332. The molecule has 2 aromatic rings. The van der Waals surface area contributed by atoms with Gasteiger partial charge in [-0.25, -0.2) is 0 Å². The Bertz CT molecular complexity index is 654. The van der Waals surface area contributed by atoms with Crippen molar-refractivity contribution in [2.45, 2.75) is 0 Å². The molecule has 0 aromatic heterocycles. The molecule has 0 fully saturated rings. The fraction of sp³-hybridized carbons (Fsp3) is 0. The first kappa shape index (κ1) is 12.6. The molecule has 19 heavy (non-hydrogen) atoms. The number of carbonyl (C=O) groups is 1. The van der Waals surface area contributed by atoms with Crippen molar-refractivity contribution in [3.63, 3.8) is 0 Å². The van der Waals surface area contributed by atoms with E-state index in [1.54, 1.807) is 6.07 Å². The zero-order valence-corrected chi connectivity index (χ0v) is 10.3. The van der Waals surface area contributed by atoms with E-state index in [4.69, 9.17) is 0 Å². The van der Waals surface area contributed by atoms with Crippen molar-refractivity contribution in [2.75, 3.05) is 5.32 Å². The molecule has 92 valence electrons. The number of benzene rings is 2. The van der Waals surface area contributed by atoms with Gasteiger partial charge >= 0.3 is 0 Å². The lowest BCUT2D eigenvalue weighted by molar-refractivity contribution is -0.111. The number of nitriles is 1. The molecule has 2 rings (SSSR count). The van der Waals surface area contributed by atoms with Gasteiger partial charge in [-0.05, 0) is 17.7 Å². The first-order chi connectivity index (χ1) is 9.26. The van der Waals surface area contributed by atoms with Gasteiger partial charge in [-0.2, -0.15) is 5.26 Å². The quantitative estimate of drug-likeness (QED) is 0.847. The van der Waals surface area contributed by atoms with Crippen LogP contribution in [0.3, 0.4) is 0 Å². The minimum Gasteiger partial charge on any atom is -0.321 e. The summed E-state index contributed by atoms with van der Waals surface area (Å²) >= 11 is 0. The second kappa shape index (κ2) is 5.65. The molecule has 0 bridgehead atoms. The maximum atomic E-state index is 11.4. The third-order valence-corrected chi connectivity index (χ3v) is 2.70. The van der Waals surface area contributed by atoms with E-state index >= 15 is 0 Å². The van der Waals surface area contributed by atoms with Gasteiger partial charge in [0.15, 0.2) is 0 Å². The number of rotatable bonds is 3. The summed E-state index contributed by atoms with van der Waals surface area (Å²) in [5.41, 5.74) is 2.68. The van der Waals surface area contributed by atoms with Crippen molar-refractivity contribution in [2.24, 2.45) is 0 Å². The van der Waals surface area contributed by atoms with Crippen LogP contribution in [0.1, 0.15) is 5.56 Å². The van der Waals surface area contributed by atoms with Gasteiger partial charge in [-0.15, -0.1) is 0 Å². The monoisotopic (exact) mass is 248 g/mol. The lowest BCUT2D eigenvalue weighted by Crippen LogP contribution is -2.09. The maximum absolute atomic E-state index is 11.4. The van der Waals surface area contributed by atoms with Crippen LogP contribution in [0.25, 0.3) is 11.1 Å². The van der Waals surface area contributed by atoms with Crippen LogP contribution in [0.15, 0.2) is 61.2 Å². The smallest absolute Gasteiger partial charge is 0.247 e. The van der Waals surface area contributed by atoms with Crippen LogP contribution in [-0.2, 0) is 4.79 Å². The Kier molecular flexibility index (Phi) is 3.75. The van der Waals surface area contributed by atoms with Crippen molar-refractivity contribution in [3.05, 3.63) is 66.7 Å². The molecular weight excluding hydrogens is 236 g/mol. The Morgan fingerprint density at radius 1 is 1.16 bits per heavy atom. The average molecular weight is 248 g/mol. The SMILES string of the molecule is C=CC(=O)Nc1cccc(-c2ccccc2)c1C#N.